The molecule has 2 aliphatic rings. The lowest BCUT2D eigenvalue weighted by molar-refractivity contribution is -0.140. The first kappa shape index (κ1) is 28.5. The predicted octanol–water partition coefficient (Wildman–Crippen LogP) is 9.24. The molecular weight excluding hydrogens is 489 g/mol. The molecule has 0 bridgehead atoms. The van der Waals surface area contributed by atoms with E-state index in [0.717, 1.165) is 51.4 Å². The highest BCUT2D eigenvalue weighted by molar-refractivity contribution is 5.75. The highest BCUT2D eigenvalue weighted by Crippen LogP contribution is 2.41. The Balaban J connectivity index is 1.29. The van der Waals surface area contributed by atoms with Gasteiger partial charge in [-0.25, -0.2) is 13.2 Å². The molecule has 2 saturated carbocycles. The van der Waals surface area contributed by atoms with E-state index in [1.165, 1.54) is 12.1 Å². The van der Waals surface area contributed by atoms with Crippen LogP contribution in [0.3, 0.4) is 0 Å². The van der Waals surface area contributed by atoms with Crippen molar-refractivity contribution in [1.82, 2.24) is 0 Å². The van der Waals surface area contributed by atoms with Crippen molar-refractivity contribution in [2.45, 2.75) is 103 Å². The largest absolute Gasteiger partial charge is 0.493 e. The van der Waals surface area contributed by atoms with Gasteiger partial charge in [0.1, 0.15) is 5.75 Å². The monoisotopic (exact) mass is 530 g/mol. The van der Waals surface area contributed by atoms with Crippen molar-refractivity contribution in [2.75, 3.05) is 6.61 Å². The van der Waals surface area contributed by atoms with E-state index >= 15 is 8.78 Å². The Morgan fingerprint density at radius 1 is 0.816 bits per heavy atom. The Morgan fingerprint density at radius 2 is 1.42 bits per heavy atom. The zero-order valence-corrected chi connectivity index (χ0v) is 22.7. The maximum Gasteiger partial charge on any atom is 0.314 e. The molecule has 208 valence electrons. The van der Waals surface area contributed by atoms with Gasteiger partial charge in [-0.3, -0.25) is 4.79 Å². The third-order valence-corrected chi connectivity index (χ3v) is 8.48. The second kappa shape index (κ2) is 13.5. The zero-order valence-electron chi connectivity index (χ0n) is 22.7. The Hall–Kier alpha value is -2.50. The van der Waals surface area contributed by atoms with Crippen molar-refractivity contribution >= 4 is 5.97 Å². The van der Waals surface area contributed by atoms with Crippen LogP contribution in [-0.2, 0) is 4.79 Å². The van der Waals surface area contributed by atoms with E-state index < -0.39 is 29.3 Å². The van der Waals surface area contributed by atoms with Gasteiger partial charge in [0.15, 0.2) is 23.2 Å². The molecule has 0 aliphatic heterocycles. The van der Waals surface area contributed by atoms with E-state index in [1.807, 2.05) is 0 Å². The first-order valence-electron chi connectivity index (χ1n) is 14.5. The molecular formula is C32H41F3O3. The molecule has 2 aromatic carbocycles. The van der Waals surface area contributed by atoms with E-state index in [-0.39, 0.29) is 17.6 Å². The summed E-state index contributed by atoms with van der Waals surface area (Å²) >= 11 is 0. The molecule has 0 amide bonds. The van der Waals surface area contributed by atoms with E-state index in [2.05, 4.69) is 13.8 Å². The zero-order chi connectivity index (χ0) is 27.1. The lowest BCUT2D eigenvalue weighted by atomic mass is 9.76. The first-order chi connectivity index (χ1) is 18.4. The normalized spacial score (nSPS) is 23.7. The SMILES string of the molecule is CCCCCCOc1ccc(OC(=O)C2CCC(c3ccc(C4CCC(C)CC4)c(F)c3F)CC2)c(F)c1. The molecule has 2 aromatic rings. The Bertz CT molecular complexity index is 1070. The quantitative estimate of drug-likeness (QED) is 0.174. The number of carbonyl (C=O) groups excluding carboxylic acids is 1. The van der Waals surface area contributed by atoms with Gasteiger partial charge in [-0.1, -0.05) is 58.1 Å². The highest BCUT2D eigenvalue weighted by atomic mass is 19.2. The van der Waals surface area contributed by atoms with Gasteiger partial charge < -0.3 is 9.47 Å². The van der Waals surface area contributed by atoms with Crippen molar-refractivity contribution < 1.29 is 27.4 Å². The standard InChI is InChI=1S/C32H41F3O3/c1-3-4-5-6-19-37-25-15-18-29(28(33)20-25)38-32(36)24-13-11-23(12-14-24)27-17-16-26(30(34)31(27)35)22-9-7-21(2)8-10-22/h15-18,20-24H,3-14,19H2,1-2H3. The highest BCUT2D eigenvalue weighted by Gasteiger charge is 2.32. The van der Waals surface area contributed by atoms with Crippen molar-refractivity contribution in [3.63, 3.8) is 0 Å². The fraction of sp³-hybridized carbons (Fsp3) is 0.594. The third-order valence-electron chi connectivity index (χ3n) is 8.48. The molecule has 38 heavy (non-hydrogen) atoms. The molecule has 0 atom stereocenters. The summed E-state index contributed by atoms with van der Waals surface area (Å²) in [4.78, 5) is 12.7. The molecule has 0 heterocycles. The van der Waals surface area contributed by atoms with Gasteiger partial charge in [-0.2, -0.15) is 0 Å². The van der Waals surface area contributed by atoms with Gasteiger partial charge in [0.05, 0.1) is 12.5 Å². The number of carbonyl (C=O) groups is 1. The summed E-state index contributed by atoms with van der Waals surface area (Å²) in [6.07, 6.45) is 10.3. The minimum absolute atomic E-state index is 0.0899. The number of hydrogen-bond acceptors (Lipinski definition) is 3. The number of ether oxygens (including phenoxy) is 2. The van der Waals surface area contributed by atoms with Gasteiger partial charge in [0.2, 0.25) is 0 Å². The van der Waals surface area contributed by atoms with E-state index in [9.17, 15) is 9.18 Å². The van der Waals surface area contributed by atoms with Crippen LogP contribution in [0.15, 0.2) is 30.3 Å². The summed E-state index contributed by atoms with van der Waals surface area (Å²) in [5, 5.41) is 0. The lowest BCUT2D eigenvalue weighted by Gasteiger charge is -2.29. The minimum Gasteiger partial charge on any atom is -0.493 e. The van der Waals surface area contributed by atoms with Gasteiger partial charge in [0, 0.05) is 6.07 Å². The van der Waals surface area contributed by atoms with Crippen LogP contribution in [0.25, 0.3) is 0 Å². The van der Waals surface area contributed by atoms with Crippen LogP contribution in [0.2, 0.25) is 0 Å². The van der Waals surface area contributed by atoms with Gasteiger partial charge >= 0.3 is 5.97 Å². The van der Waals surface area contributed by atoms with Gasteiger partial charge in [-0.15, -0.1) is 0 Å². The van der Waals surface area contributed by atoms with Crippen LogP contribution in [0.1, 0.15) is 114 Å². The molecule has 4 rings (SSSR count). The summed E-state index contributed by atoms with van der Waals surface area (Å²) < 4.78 is 55.6. The number of rotatable bonds is 10. The summed E-state index contributed by atoms with van der Waals surface area (Å²) in [6, 6.07) is 7.80. The minimum atomic E-state index is -0.734. The molecule has 0 saturated heterocycles. The van der Waals surface area contributed by atoms with Crippen molar-refractivity contribution in [2.24, 2.45) is 11.8 Å². The summed E-state index contributed by atoms with van der Waals surface area (Å²) in [6.45, 7) is 4.87. The Kier molecular flexibility index (Phi) is 10.1. The smallest absolute Gasteiger partial charge is 0.314 e. The predicted molar refractivity (Wildman–Crippen MR) is 143 cm³/mol. The molecule has 3 nitrogen and oxygen atoms in total. The van der Waals surface area contributed by atoms with E-state index in [1.54, 1.807) is 18.2 Å². The molecule has 0 N–H and O–H groups in total. The molecule has 0 unspecified atom stereocenters. The van der Waals surface area contributed by atoms with Crippen LogP contribution in [0.4, 0.5) is 13.2 Å². The van der Waals surface area contributed by atoms with Crippen LogP contribution in [-0.4, -0.2) is 12.6 Å². The maximum atomic E-state index is 15.1. The average molecular weight is 531 g/mol. The fourth-order valence-corrected chi connectivity index (χ4v) is 5.99. The molecule has 6 heteroatoms. The molecule has 2 fully saturated rings. The van der Waals surface area contributed by atoms with Crippen LogP contribution < -0.4 is 9.47 Å². The van der Waals surface area contributed by atoms with Crippen molar-refractivity contribution in [3.05, 3.63) is 58.9 Å². The molecule has 0 radical (unpaired) electrons. The lowest BCUT2D eigenvalue weighted by Crippen LogP contribution is -2.26. The van der Waals surface area contributed by atoms with E-state index in [0.29, 0.717) is 55.1 Å². The van der Waals surface area contributed by atoms with Crippen molar-refractivity contribution in [3.8, 4) is 11.5 Å². The Morgan fingerprint density at radius 3 is 2.00 bits per heavy atom. The number of hydrogen-bond donors (Lipinski definition) is 0. The number of halogens is 3. The first-order valence-corrected chi connectivity index (χ1v) is 14.5. The van der Waals surface area contributed by atoms with Gasteiger partial charge in [0.25, 0.3) is 0 Å². The molecule has 2 aliphatic carbocycles. The Labute approximate surface area is 225 Å². The van der Waals surface area contributed by atoms with Crippen LogP contribution >= 0.6 is 0 Å². The number of benzene rings is 2. The number of unbranched alkanes of at least 4 members (excludes halogenated alkanes) is 3. The third kappa shape index (κ3) is 7.12. The summed E-state index contributed by atoms with van der Waals surface area (Å²) in [5.41, 5.74) is 0.906. The summed E-state index contributed by atoms with van der Waals surface area (Å²) in [5.74, 6) is -2.05. The van der Waals surface area contributed by atoms with Crippen molar-refractivity contribution in [1.29, 1.82) is 0 Å². The fourth-order valence-electron chi connectivity index (χ4n) is 5.99. The molecule has 0 aromatic heterocycles. The van der Waals surface area contributed by atoms with Gasteiger partial charge in [-0.05, 0) is 86.0 Å². The number of esters is 1. The van der Waals surface area contributed by atoms with Crippen LogP contribution in [0, 0.1) is 29.3 Å². The average Bonchev–Trinajstić information content (AvgIpc) is 2.92. The van der Waals surface area contributed by atoms with Crippen LogP contribution in [0.5, 0.6) is 11.5 Å². The second-order valence-corrected chi connectivity index (χ2v) is 11.3. The topological polar surface area (TPSA) is 35.5 Å². The molecule has 0 spiro atoms. The second-order valence-electron chi connectivity index (χ2n) is 11.3. The summed E-state index contributed by atoms with van der Waals surface area (Å²) in [7, 11) is 0. The van der Waals surface area contributed by atoms with E-state index in [4.69, 9.17) is 9.47 Å². The maximum absolute atomic E-state index is 15.1.